The van der Waals surface area contributed by atoms with E-state index in [0.717, 1.165) is 12.8 Å². The Labute approximate surface area is 68.7 Å². The monoisotopic (exact) mass is 277 g/mol. The summed E-state index contributed by atoms with van der Waals surface area (Å²) in [5, 5.41) is 0. The third-order valence-electron chi connectivity index (χ3n) is 1.31. The predicted molar refractivity (Wildman–Crippen MR) is 37.5 cm³/mol. The molecule has 0 spiro atoms. The van der Waals surface area contributed by atoms with Gasteiger partial charge in [-0.15, -0.1) is 0 Å². The van der Waals surface area contributed by atoms with Gasteiger partial charge in [0.15, 0.2) is 0 Å². The number of rotatable bonds is 0. The van der Waals surface area contributed by atoms with Crippen molar-refractivity contribution in [1.82, 2.24) is 0 Å². The molecule has 0 saturated carbocycles. The average Bonchev–Trinajstić information content (AvgIpc) is 1.77. The molecule has 1 atom stereocenters. The van der Waals surface area contributed by atoms with Crippen LogP contribution in [0.3, 0.4) is 0 Å². The van der Waals surface area contributed by atoms with E-state index < -0.39 is 22.9 Å². The van der Waals surface area contributed by atoms with Crippen molar-refractivity contribution < 1.29 is 4.79 Å². The quantitative estimate of drug-likeness (QED) is 0.608. The van der Waals surface area contributed by atoms with E-state index in [2.05, 4.69) is 15.9 Å². The third kappa shape index (κ3) is 2.09. The first kappa shape index (κ1) is 7.13. The van der Waals surface area contributed by atoms with Crippen molar-refractivity contribution >= 4 is 42.4 Å². The van der Waals surface area contributed by atoms with Crippen molar-refractivity contribution in [3.63, 3.8) is 0 Å². The van der Waals surface area contributed by atoms with Crippen molar-refractivity contribution in [1.29, 1.82) is 0 Å². The van der Waals surface area contributed by atoms with E-state index in [1.807, 2.05) is 0 Å². The van der Waals surface area contributed by atoms with Crippen molar-refractivity contribution in [2.45, 2.75) is 21.8 Å². The fourth-order valence-corrected chi connectivity index (χ4v) is 5.47. The molecule has 1 aliphatic heterocycles. The maximum atomic E-state index is 10.7. The molecule has 8 heavy (non-hydrogen) atoms. The molecular weight excluding hydrogens is 271 g/mol. The summed E-state index contributed by atoms with van der Waals surface area (Å²) in [5.41, 5.74) is 0. The number of halogens is 1. The van der Waals surface area contributed by atoms with Crippen LogP contribution in [0.15, 0.2) is 0 Å². The van der Waals surface area contributed by atoms with Gasteiger partial charge in [-0.05, 0) is 0 Å². The Balaban J connectivity index is 2.29. The van der Waals surface area contributed by atoms with Gasteiger partial charge in [0.25, 0.3) is 0 Å². The molecule has 1 unspecified atom stereocenters. The molecule has 0 N–H and O–H groups in total. The van der Waals surface area contributed by atoms with E-state index >= 15 is 0 Å². The van der Waals surface area contributed by atoms with Crippen LogP contribution in [0, 0.1) is 0 Å². The normalized spacial score (nSPS) is 29.6. The minimum absolute atomic E-state index is 0.621. The molecule has 1 nitrogen and oxygen atoms in total. The molecule has 43 valence electrons. The molecule has 1 aliphatic rings. The molecule has 1 fully saturated rings. The standard InChI is InChI=1S/C5H7BrO.In/c1-5(6)3-2-4-7;/h5H,1-3H2;. The molecule has 0 aliphatic carbocycles. The third-order valence-corrected chi connectivity index (χ3v) is 8.53. The van der Waals surface area contributed by atoms with Crippen LogP contribution in [-0.2, 0) is 4.79 Å². The molecule has 1 heterocycles. The number of alkyl halides is 1. The molecule has 0 aromatic carbocycles. The average molecular weight is 278 g/mol. The van der Waals surface area contributed by atoms with E-state index in [0.29, 0.717) is 8.37 Å². The van der Waals surface area contributed by atoms with Crippen molar-refractivity contribution in [3.05, 3.63) is 0 Å². The zero-order chi connectivity index (χ0) is 5.98. The zero-order valence-electron chi connectivity index (χ0n) is 4.56. The second-order valence-electron chi connectivity index (χ2n) is 2.04. The van der Waals surface area contributed by atoms with E-state index in [-0.39, 0.29) is 0 Å². The van der Waals surface area contributed by atoms with E-state index in [9.17, 15) is 4.79 Å². The summed E-state index contributed by atoms with van der Waals surface area (Å²) < 4.78 is 1.85. The SMILES string of the molecule is O=[C]1CCC(Br)[CH2][In]1. The first-order valence-electron chi connectivity index (χ1n) is 2.79. The van der Waals surface area contributed by atoms with E-state index in [4.69, 9.17) is 0 Å². The number of hydrogen-bond acceptors (Lipinski definition) is 1. The van der Waals surface area contributed by atoms with Gasteiger partial charge in [-0.3, -0.25) is 0 Å². The summed E-state index contributed by atoms with van der Waals surface area (Å²) in [6, 6.07) is 0. The van der Waals surface area contributed by atoms with Crippen LogP contribution in [-0.4, -0.2) is 31.3 Å². The Morgan fingerprint density at radius 2 is 2.50 bits per heavy atom. The van der Waals surface area contributed by atoms with Crippen LogP contribution in [0.4, 0.5) is 0 Å². The Kier molecular flexibility index (Phi) is 2.90. The van der Waals surface area contributed by atoms with Gasteiger partial charge >= 0.3 is 69.0 Å². The zero-order valence-corrected chi connectivity index (χ0v) is 9.44. The van der Waals surface area contributed by atoms with Crippen molar-refractivity contribution in [2.75, 3.05) is 0 Å². The summed E-state index contributed by atoms with van der Waals surface area (Å²) >= 11 is 2.81. The van der Waals surface area contributed by atoms with Gasteiger partial charge < -0.3 is 0 Å². The van der Waals surface area contributed by atoms with Crippen LogP contribution < -0.4 is 0 Å². The molecule has 0 amide bonds. The molecule has 1 rings (SSSR count). The topological polar surface area (TPSA) is 17.1 Å². The van der Waals surface area contributed by atoms with Gasteiger partial charge in [-0.25, -0.2) is 0 Å². The van der Waals surface area contributed by atoms with Crippen LogP contribution >= 0.6 is 15.9 Å². The fourth-order valence-electron chi connectivity index (χ4n) is 0.778. The van der Waals surface area contributed by atoms with Gasteiger partial charge in [0.2, 0.25) is 0 Å². The second kappa shape index (κ2) is 3.25. The van der Waals surface area contributed by atoms with Gasteiger partial charge in [0.05, 0.1) is 0 Å². The Hall–Kier alpha value is 1.02. The molecular formula is C5H7BrInO. The minimum atomic E-state index is -0.701. The molecule has 0 bridgehead atoms. The van der Waals surface area contributed by atoms with Gasteiger partial charge in [-0.2, -0.15) is 0 Å². The summed E-state index contributed by atoms with van der Waals surface area (Å²) in [6.45, 7) is 0. The van der Waals surface area contributed by atoms with Crippen LogP contribution in [0.25, 0.3) is 0 Å². The number of carbonyl (C=O) groups is 1. The molecule has 3 heteroatoms. The molecule has 0 aromatic rings. The van der Waals surface area contributed by atoms with Crippen molar-refractivity contribution in [3.8, 4) is 0 Å². The Morgan fingerprint density at radius 3 is 2.88 bits per heavy atom. The van der Waals surface area contributed by atoms with Gasteiger partial charge in [0, 0.05) is 0 Å². The summed E-state index contributed by atoms with van der Waals surface area (Å²) in [7, 11) is 0. The van der Waals surface area contributed by atoms with Crippen LogP contribution in [0.2, 0.25) is 4.18 Å². The number of hydrogen-bond donors (Lipinski definition) is 0. The summed E-state index contributed by atoms with van der Waals surface area (Å²) in [5.74, 6) is 0. The number of carbonyl (C=O) groups excluding carboxylic acids is 1. The maximum absolute atomic E-state index is 10.7. The predicted octanol–water partition coefficient (Wildman–Crippen LogP) is 1.19. The van der Waals surface area contributed by atoms with Crippen molar-refractivity contribution in [2.24, 2.45) is 0 Å². The summed E-state index contributed by atoms with van der Waals surface area (Å²) in [4.78, 5) is 11.4. The first-order chi connectivity index (χ1) is 3.79. The molecule has 0 aromatic heterocycles. The first-order valence-corrected chi connectivity index (χ1v) is 7.68. The molecule has 1 saturated heterocycles. The van der Waals surface area contributed by atoms with Crippen LogP contribution in [0.5, 0.6) is 0 Å². The summed E-state index contributed by atoms with van der Waals surface area (Å²) in [6.07, 6.45) is 1.96. The van der Waals surface area contributed by atoms with Gasteiger partial charge in [0.1, 0.15) is 0 Å². The Morgan fingerprint density at radius 1 is 1.75 bits per heavy atom. The fraction of sp³-hybridized carbons (Fsp3) is 0.800. The van der Waals surface area contributed by atoms with E-state index in [1.165, 1.54) is 4.18 Å². The molecule has 1 radical (unpaired) electrons. The van der Waals surface area contributed by atoms with Crippen LogP contribution in [0.1, 0.15) is 12.8 Å². The van der Waals surface area contributed by atoms with E-state index in [1.54, 1.807) is 0 Å². The second-order valence-corrected chi connectivity index (χ2v) is 7.69. The Bertz CT molecular complexity index is 94.6. The van der Waals surface area contributed by atoms with Gasteiger partial charge in [-0.1, -0.05) is 0 Å².